The molecule has 9 atom stereocenters. The second kappa shape index (κ2) is 22.8. The van der Waals surface area contributed by atoms with Gasteiger partial charge in [0, 0.05) is 86.9 Å². The summed E-state index contributed by atoms with van der Waals surface area (Å²) in [6.45, 7) is 19.8. The number of benzene rings is 2. The summed E-state index contributed by atoms with van der Waals surface area (Å²) in [5.41, 5.74) is -0.00224. The Balaban J connectivity index is 1.92. The monoisotopic (exact) mass is 909 g/mol. The molecule has 2 aromatic rings. The number of aromatic hydroxyl groups is 2. The van der Waals surface area contributed by atoms with Crippen LogP contribution in [0, 0.1) is 30.6 Å². The van der Waals surface area contributed by atoms with Crippen molar-refractivity contribution in [2.45, 2.75) is 132 Å². The third-order valence-corrected chi connectivity index (χ3v) is 12.6. The Morgan fingerprint density at radius 2 is 1.55 bits per heavy atom. The molecule has 360 valence electrons. The van der Waals surface area contributed by atoms with Gasteiger partial charge in [0.1, 0.15) is 23.4 Å². The number of allylic oxidation sites excluding steroid dienone is 2. The highest BCUT2D eigenvalue weighted by atomic mass is 16.7. The SMILES string of the molecule is CCCCN(CCCC)N(CC)C(=O)COc1cc2c(O)c3c(O)c(C)c4c(c13)C(=O)C(C)(O/C=C\C(OC)C(C)C(OC(C)=O)C(C)C(O)C(C)C(O)C(C)/C=C\C=C(\C)C(=O)N2)O4. The molecular weight excluding hydrogens is 839 g/mol. The molecule has 16 nitrogen and oxygen atoms in total. The average Bonchev–Trinajstić information content (AvgIpc) is 3.54. The molecule has 0 fully saturated rings. The van der Waals surface area contributed by atoms with Crippen molar-refractivity contribution in [3.05, 3.63) is 53.3 Å². The van der Waals surface area contributed by atoms with Gasteiger partial charge in [0.15, 0.2) is 12.4 Å². The average molecular weight is 910 g/mol. The number of phenolic OH excluding ortho intramolecular Hbond substituents is 2. The number of aliphatic hydroxyl groups is 2. The van der Waals surface area contributed by atoms with Gasteiger partial charge in [0.05, 0.1) is 41.2 Å². The number of rotatable bonds is 13. The molecule has 3 heterocycles. The smallest absolute Gasteiger partial charge is 0.312 e. The maximum Gasteiger partial charge on any atom is 0.312 e. The number of ketones is 1. The molecule has 0 saturated heterocycles. The number of hydrazine groups is 1. The number of esters is 1. The fourth-order valence-corrected chi connectivity index (χ4v) is 8.53. The van der Waals surface area contributed by atoms with Crippen LogP contribution in [0.25, 0.3) is 10.8 Å². The van der Waals surface area contributed by atoms with E-state index in [1.54, 1.807) is 51.8 Å². The zero-order valence-corrected chi connectivity index (χ0v) is 40.1. The lowest BCUT2D eigenvalue weighted by atomic mass is 9.78. The molecule has 0 aromatic heterocycles. The van der Waals surface area contributed by atoms with E-state index in [-0.39, 0.29) is 50.6 Å². The van der Waals surface area contributed by atoms with E-state index < -0.39 is 89.6 Å². The number of amides is 2. The molecule has 16 heteroatoms. The standard InChI is InChI=1S/C49H71N3O13/c1-13-16-22-51(23-17-14-2)52(15-3)37(54)26-62-36-25-34-44(58)39-38(36)40-46(32(9)43(39)57)65-49(11,47(40)59)63-24-21-35(61-12)29(6)45(64-33(10)53)31(8)42(56)30(7)41(55)27(4)19-18-20-28(5)48(60)50-34/h18-21,24-25,27,29-31,35,41-42,45,55-58H,13-17,22-23,26H2,1-12H3,(H,50,60)/b19-18-,24-21-,28-20-. The van der Waals surface area contributed by atoms with Crippen molar-refractivity contribution in [2.24, 2.45) is 23.7 Å². The Hall–Kier alpha value is -5.16. The second-order valence-corrected chi connectivity index (χ2v) is 17.5. The maximum absolute atomic E-state index is 14.7. The predicted molar refractivity (Wildman–Crippen MR) is 246 cm³/mol. The molecule has 3 aliphatic rings. The molecule has 2 aromatic carbocycles. The van der Waals surface area contributed by atoms with E-state index in [0.29, 0.717) is 19.6 Å². The van der Waals surface area contributed by atoms with Gasteiger partial charge >= 0.3 is 11.8 Å². The van der Waals surface area contributed by atoms with E-state index in [1.807, 2.05) is 11.9 Å². The predicted octanol–water partition coefficient (Wildman–Crippen LogP) is 7.09. The number of methoxy groups -OCH3 is 1. The van der Waals surface area contributed by atoms with Gasteiger partial charge in [0.2, 0.25) is 0 Å². The van der Waals surface area contributed by atoms with Crippen LogP contribution >= 0.6 is 0 Å². The minimum atomic E-state index is -2.04. The lowest BCUT2D eigenvalue weighted by Crippen LogP contribution is -2.49. The first kappa shape index (κ1) is 52.5. The number of fused-ring (bicyclic) bond motifs is 14. The van der Waals surface area contributed by atoms with Gasteiger partial charge in [-0.05, 0) is 39.7 Å². The lowest BCUT2D eigenvalue weighted by Gasteiger charge is -2.38. The van der Waals surface area contributed by atoms with Crippen LogP contribution in [0.15, 0.2) is 42.2 Å². The molecule has 0 saturated carbocycles. The highest BCUT2D eigenvalue weighted by Crippen LogP contribution is 2.54. The van der Waals surface area contributed by atoms with Crippen LogP contribution in [0.4, 0.5) is 5.69 Å². The van der Waals surface area contributed by atoms with E-state index in [2.05, 4.69) is 19.2 Å². The quantitative estimate of drug-likeness (QED) is 0.0771. The zero-order valence-electron chi connectivity index (χ0n) is 40.1. The van der Waals surface area contributed by atoms with E-state index >= 15 is 0 Å². The molecule has 5 rings (SSSR count). The number of likely N-dealkylation sites (N-methyl/N-ethyl adjacent to an activating group) is 1. The summed E-state index contributed by atoms with van der Waals surface area (Å²) in [6.07, 6.45) is 7.23. The number of unbranched alkanes of at least 4 members (excludes halogenated alkanes) is 2. The third kappa shape index (κ3) is 11.6. The molecule has 0 aliphatic carbocycles. The number of Topliss-reactive ketones (excluding diaryl/α,β-unsaturated/α-hetero) is 1. The van der Waals surface area contributed by atoms with E-state index in [0.717, 1.165) is 25.7 Å². The summed E-state index contributed by atoms with van der Waals surface area (Å²) in [6, 6.07) is 1.29. The van der Waals surface area contributed by atoms with Crippen LogP contribution in [-0.4, -0.2) is 118 Å². The Kier molecular flexibility index (Phi) is 18.4. The van der Waals surface area contributed by atoms with Crippen molar-refractivity contribution in [3.63, 3.8) is 0 Å². The number of anilines is 1. The minimum Gasteiger partial charge on any atom is -0.507 e. The Labute approximate surface area is 383 Å². The molecule has 5 N–H and O–H groups in total. The van der Waals surface area contributed by atoms with Crippen molar-refractivity contribution >= 4 is 40.0 Å². The van der Waals surface area contributed by atoms with Gasteiger partial charge in [-0.1, -0.05) is 72.6 Å². The molecule has 2 amide bonds. The molecule has 65 heavy (non-hydrogen) atoms. The van der Waals surface area contributed by atoms with E-state index in [9.17, 15) is 39.6 Å². The number of phenols is 2. The van der Waals surface area contributed by atoms with Crippen LogP contribution in [0.3, 0.4) is 0 Å². The number of nitrogens with one attached hydrogen (secondary N) is 1. The van der Waals surface area contributed by atoms with Gasteiger partial charge in [-0.25, -0.2) is 5.01 Å². The molecule has 3 aliphatic heterocycles. The van der Waals surface area contributed by atoms with Gasteiger partial charge in [-0.2, -0.15) is 0 Å². The highest BCUT2D eigenvalue weighted by molar-refractivity contribution is 6.21. The molecule has 0 radical (unpaired) electrons. The summed E-state index contributed by atoms with van der Waals surface area (Å²) in [5.74, 6) is -8.05. The van der Waals surface area contributed by atoms with Crippen LogP contribution in [0.1, 0.15) is 111 Å². The van der Waals surface area contributed by atoms with Crippen molar-refractivity contribution in [3.8, 4) is 23.0 Å². The van der Waals surface area contributed by atoms with Gasteiger partial charge in [0.25, 0.3) is 17.6 Å². The number of hydrogen-bond donors (Lipinski definition) is 5. The largest absolute Gasteiger partial charge is 0.507 e. The fourth-order valence-electron chi connectivity index (χ4n) is 8.53. The highest BCUT2D eigenvalue weighted by Gasteiger charge is 2.50. The van der Waals surface area contributed by atoms with Gasteiger partial charge in [-0.15, -0.1) is 0 Å². The Morgan fingerprint density at radius 3 is 2.14 bits per heavy atom. The van der Waals surface area contributed by atoms with E-state index in [1.165, 1.54) is 52.4 Å². The number of carbonyl (C=O) groups excluding carboxylic acids is 4. The first-order valence-electron chi connectivity index (χ1n) is 22.7. The molecule has 5 bridgehead atoms. The minimum absolute atomic E-state index is 0.0558. The van der Waals surface area contributed by atoms with Crippen molar-refractivity contribution in [2.75, 3.05) is 38.7 Å². The summed E-state index contributed by atoms with van der Waals surface area (Å²) in [4.78, 5) is 54.8. The number of aliphatic hydroxyl groups excluding tert-OH is 2. The van der Waals surface area contributed by atoms with Gasteiger partial charge < -0.3 is 49.4 Å². The third-order valence-electron chi connectivity index (χ3n) is 12.6. The van der Waals surface area contributed by atoms with Crippen molar-refractivity contribution in [1.29, 1.82) is 0 Å². The topological polar surface area (TPSA) is 214 Å². The Bertz CT molecular complexity index is 2130. The van der Waals surface area contributed by atoms with Crippen molar-refractivity contribution in [1.82, 2.24) is 10.0 Å². The molecular formula is C49H71N3O13. The zero-order chi connectivity index (χ0) is 48.5. The summed E-state index contributed by atoms with van der Waals surface area (Å²) in [7, 11) is 1.44. The number of hydrogen-bond acceptors (Lipinski definition) is 14. The molecule has 0 spiro atoms. The second-order valence-electron chi connectivity index (χ2n) is 17.5. The lowest BCUT2D eigenvalue weighted by molar-refractivity contribution is -0.160. The van der Waals surface area contributed by atoms with Crippen LogP contribution in [0.2, 0.25) is 0 Å². The van der Waals surface area contributed by atoms with Crippen LogP contribution < -0.4 is 14.8 Å². The van der Waals surface area contributed by atoms with Crippen LogP contribution in [0.5, 0.6) is 23.0 Å². The maximum atomic E-state index is 14.7. The first-order valence-corrected chi connectivity index (χ1v) is 22.7. The summed E-state index contributed by atoms with van der Waals surface area (Å²) in [5, 5.41) is 52.6. The first-order chi connectivity index (χ1) is 30.7. The van der Waals surface area contributed by atoms with Gasteiger partial charge in [-0.3, -0.25) is 24.2 Å². The summed E-state index contributed by atoms with van der Waals surface area (Å²) < 4.78 is 30.1. The Morgan fingerprint density at radius 1 is 0.908 bits per heavy atom. The molecule has 9 unspecified atom stereocenters. The van der Waals surface area contributed by atoms with Crippen molar-refractivity contribution < 1.29 is 63.3 Å². The fraction of sp³-hybridized carbons (Fsp3) is 0.592. The number of ether oxygens (including phenoxy) is 5. The van der Waals surface area contributed by atoms with Crippen LogP contribution in [-0.2, 0) is 28.6 Å². The normalized spacial score (nSPS) is 28.3. The number of carbonyl (C=O) groups is 4. The summed E-state index contributed by atoms with van der Waals surface area (Å²) >= 11 is 0. The van der Waals surface area contributed by atoms with E-state index in [4.69, 9.17) is 23.7 Å². The number of nitrogens with zero attached hydrogens (tertiary/aromatic N) is 2.